The van der Waals surface area contributed by atoms with Crippen molar-refractivity contribution in [2.75, 3.05) is 13.2 Å². The summed E-state index contributed by atoms with van der Waals surface area (Å²) < 4.78 is 39.8. The van der Waals surface area contributed by atoms with E-state index in [2.05, 4.69) is 4.74 Å². The van der Waals surface area contributed by atoms with Crippen LogP contribution >= 0.6 is 0 Å². The molecule has 2 nitrogen and oxygen atoms in total. The summed E-state index contributed by atoms with van der Waals surface area (Å²) in [6.45, 7) is 4.73. The van der Waals surface area contributed by atoms with Crippen LogP contribution in [0.4, 0.5) is 13.2 Å². The van der Waals surface area contributed by atoms with Gasteiger partial charge in [0.05, 0.1) is 0 Å². The summed E-state index contributed by atoms with van der Waals surface area (Å²) in [4.78, 5) is 0. The second-order valence-electron chi connectivity index (χ2n) is 4.16. The van der Waals surface area contributed by atoms with Crippen LogP contribution in [-0.2, 0) is 4.74 Å². The van der Waals surface area contributed by atoms with Crippen molar-refractivity contribution in [1.82, 2.24) is 0 Å². The molecule has 0 saturated heterocycles. The molecule has 1 atom stereocenters. The minimum Gasteiger partial charge on any atom is -0.372 e. The van der Waals surface area contributed by atoms with Gasteiger partial charge >= 0.3 is 6.18 Å². The lowest BCUT2D eigenvalue weighted by Crippen LogP contribution is -2.45. The van der Waals surface area contributed by atoms with Crippen molar-refractivity contribution in [2.24, 2.45) is 11.7 Å². The highest BCUT2D eigenvalue weighted by Gasteiger charge is 2.29. The molecule has 0 aromatic heterocycles. The molecule has 0 radical (unpaired) electrons. The van der Waals surface area contributed by atoms with Gasteiger partial charge in [-0.05, 0) is 18.8 Å². The molecule has 0 amide bonds. The van der Waals surface area contributed by atoms with Gasteiger partial charge in [-0.3, -0.25) is 0 Å². The number of hydrogen-bond donors (Lipinski definition) is 1. The maximum absolute atomic E-state index is 11.8. The summed E-state index contributed by atoms with van der Waals surface area (Å²) in [5.41, 5.74) is 5.60. The Balaban J connectivity index is 3.84. The van der Waals surface area contributed by atoms with Crippen LogP contribution in [0.25, 0.3) is 0 Å². The summed E-state index contributed by atoms with van der Waals surface area (Å²) in [5.74, 6) is 0.233. The number of rotatable bonds is 6. The second-order valence-corrected chi connectivity index (χ2v) is 4.16. The molecule has 2 N–H and O–H groups in total. The molecular weight excluding hydrogens is 207 g/mol. The number of alkyl halides is 3. The Morgan fingerprint density at radius 2 is 1.80 bits per heavy atom. The molecule has 0 bridgehead atoms. The zero-order valence-electron chi connectivity index (χ0n) is 9.53. The predicted molar refractivity (Wildman–Crippen MR) is 53.5 cm³/mol. The van der Waals surface area contributed by atoms with E-state index in [1.165, 1.54) is 0 Å². The predicted octanol–water partition coefficient (Wildman–Crippen LogP) is 2.72. The topological polar surface area (TPSA) is 35.2 Å². The van der Waals surface area contributed by atoms with Gasteiger partial charge < -0.3 is 10.5 Å². The van der Waals surface area contributed by atoms with E-state index in [9.17, 15) is 13.2 Å². The Labute approximate surface area is 89.0 Å². The Kier molecular flexibility index (Phi) is 5.59. The largest absolute Gasteiger partial charge is 0.411 e. The fraction of sp³-hybridized carbons (Fsp3) is 1.00. The highest BCUT2D eigenvalue weighted by atomic mass is 19.4. The maximum Gasteiger partial charge on any atom is 0.411 e. The van der Waals surface area contributed by atoms with Gasteiger partial charge in [-0.1, -0.05) is 20.8 Å². The van der Waals surface area contributed by atoms with Crippen molar-refractivity contribution in [3.63, 3.8) is 0 Å². The molecule has 15 heavy (non-hydrogen) atoms. The molecular formula is C10H20F3NO. The first kappa shape index (κ1) is 14.7. The van der Waals surface area contributed by atoms with E-state index in [0.717, 1.165) is 6.42 Å². The van der Waals surface area contributed by atoms with E-state index in [0.29, 0.717) is 6.42 Å². The molecule has 0 aliphatic rings. The van der Waals surface area contributed by atoms with Crippen LogP contribution in [0.2, 0.25) is 0 Å². The van der Waals surface area contributed by atoms with Crippen LogP contribution in [0.1, 0.15) is 33.6 Å². The molecule has 0 saturated carbocycles. The Bertz CT molecular complexity index is 182. The van der Waals surface area contributed by atoms with Crippen molar-refractivity contribution < 1.29 is 17.9 Å². The van der Waals surface area contributed by atoms with Gasteiger partial charge in [0.15, 0.2) is 0 Å². The summed E-state index contributed by atoms with van der Waals surface area (Å²) in [6.07, 6.45) is -3.06. The molecule has 0 aromatic rings. The van der Waals surface area contributed by atoms with Crippen LogP contribution in [0, 0.1) is 5.92 Å². The summed E-state index contributed by atoms with van der Waals surface area (Å²) >= 11 is 0. The lowest BCUT2D eigenvalue weighted by molar-refractivity contribution is -0.175. The molecule has 0 aromatic carbocycles. The third-order valence-electron chi connectivity index (χ3n) is 2.79. The number of nitrogens with two attached hydrogens (primary N) is 1. The third kappa shape index (κ3) is 5.99. The van der Waals surface area contributed by atoms with E-state index in [1.807, 2.05) is 20.8 Å². The SMILES string of the molecule is CCC(N)(CCOCC(F)(F)F)C(C)C. The number of halogens is 3. The van der Waals surface area contributed by atoms with E-state index in [1.54, 1.807) is 0 Å². The molecule has 0 spiro atoms. The molecule has 92 valence electrons. The smallest absolute Gasteiger partial charge is 0.372 e. The molecule has 0 aliphatic carbocycles. The highest BCUT2D eigenvalue weighted by Crippen LogP contribution is 2.22. The van der Waals surface area contributed by atoms with Crippen molar-refractivity contribution in [1.29, 1.82) is 0 Å². The van der Waals surface area contributed by atoms with Crippen LogP contribution in [0.15, 0.2) is 0 Å². The van der Waals surface area contributed by atoms with Gasteiger partial charge in [-0.25, -0.2) is 0 Å². The van der Waals surface area contributed by atoms with Crippen molar-refractivity contribution >= 4 is 0 Å². The van der Waals surface area contributed by atoms with E-state index >= 15 is 0 Å². The van der Waals surface area contributed by atoms with Crippen LogP contribution < -0.4 is 5.73 Å². The van der Waals surface area contributed by atoms with Crippen molar-refractivity contribution in [2.45, 2.75) is 45.3 Å². The van der Waals surface area contributed by atoms with E-state index in [4.69, 9.17) is 5.73 Å². The fourth-order valence-electron chi connectivity index (χ4n) is 1.32. The average Bonchev–Trinajstić information content (AvgIpc) is 2.10. The third-order valence-corrected chi connectivity index (χ3v) is 2.79. The van der Waals surface area contributed by atoms with E-state index in [-0.39, 0.29) is 12.5 Å². The molecule has 0 heterocycles. The van der Waals surface area contributed by atoms with Crippen LogP contribution in [0.3, 0.4) is 0 Å². The Morgan fingerprint density at radius 3 is 2.13 bits per heavy atom. The second kappa shape index (κ2) is 5.70. The normalized spacial score (nSPS) is 16.8. The quantitative estimate of drug-likeness (QED) is 0.708. The zero-order valence-corrected chi connectivity index (χ0v) is 9.53. The van der Waals surface area contributed by atoms with Crippen molar-refractivity contribution in [3.05, 3.63) is 0 Å². The highest BCUT2D eigenvalue weighted by molar-refractivity contribution is 4.85. The van der Waals surface area contributed by atoms with Gasteiger partial charge in [0.2, 0.25) is 0 Å². The first-order chi connectivity index (χ1) is 6.71. The van der Waals surface area contributed by atoms with Crippen LogP contribution in [0.5, 0.6) is 0 Å². The summed E-state index contributed by atoms with van der Waals surface area (Å²) in [5, 5.41) is 0. The minimum absolute atomic E-state index is 0.0576. The zero-order chi connectivity index (χ0) is 12.1. The maximum atomic E-state index is 11.8. The standard InChI is InChI=1S/C10H20F3NO/c1-4-9(14,8(2)3)5-6-15-7-10(11,12)13/h8H,4-7,14H2,1-3H3. The lowest BCUT2D eigenvalue weighted by Gasteiger charge is -2.32. The number of hydrogen-bond acceptors (Lipinski definition) is 2. The Hall–Kier alpha value is -0.290. The summed E-state index contributed by atoms with van der Waals surface area (Å²) in [6, 6.07) is 0. The molecule has 1 unspecified atom stereocenters. The minimum atomic E-state index is -4.25. The summed E-state index contributed by atoms with van der Waals surface area (Å²) in [7, 11) is 0. The van der Waals surface area contributed by atoms with Gasteiger partial charge in [-0.2, -0.15) is 13.2 Å². The molecule has 0 aliphatic heterocycles. The Morgan fingerprint density at radius 1 is 1.27 bits per heavy atom. The first-order valence-corrected chi connectivity index (χ1v) is 5.14. The molecule has 0 rings (SSSR count). The van der Waals surface area contributed by atoms with Gasteiger partial charge in [0, 0.05) is 12.1 Å². The van der Waals surface area contributed by atoms with E-state index < -0.39 is 18.3 Å². The fourth-order valence-corrected chi connectivity index (χ4v) is 1.32. The molecule has 0 fully saturated rings. The van der Waals surface area contributed by atoms with Gasteiger partial charge in [0.25, 0.3) is 0 Å². The lowest BCUT2D eigenvalue weighted by atomic mass is 9.82. The monoisotopic (exact) mass is 227 g/mol. The van der Waals surface area contributed by atoms with Gasteiger partial charge in [-0.15, -0.1) is 0 Å². The average molecular weight is 227 g/mol. The van der Waals surface area contributed by atoms with Gasteiger partial charge in [0.1, 0.15) is 6.61 Å². The number of ether oxygens (including phenoxy) is 1. The van der Waals surface area contributed by atoms with Crippen molar-refractivity contribution in [3.8, 4) is 0 Å². The van der Waals surface area contributed by atoms with Crippen LogP contribution in [-0.4, -0.2) is 24.9 Å². The first-order valence-electron chi connectivity index (χ1n) is 5.14. The molecule has 5 heteroatoms.